The predicted molar refractivity (Wildman–Crippen MR) is 95.0 cm³/mol. The van der Waals surface area contributed by atoms with Crippen LogP contribution in [0.3, 0.4) is 0 Å². The number of hydrogen-bond donors (Lipinski definition) is 1. The zero-order chi connectivity index (χ0) is 15.5. The molecule has 2 aliphatic heterocycles. The van der Waals surface area contributed by atoms with Crippen LogP contribution in [-0.2, 0) is 9.53 Å². The molecule has 2 heterocycles. The van der Waals surface area contributed by atoms with E-state index < -0.39 is 0 Å². The lowest BCUT2D eigenvalue weighted by atomic mass is 9.88. The van der Waals surface area contributed by atoms with Gasteiger partial charge in [-0.1, -0.05) is 26.7 Å². The summed E-state index contributed by atoms with van der Waals surface area (Å²) >= 11 is 0. The first kappa shape index (κ1) is 19.0. The van der Waals surface area contributed by atoms with Gasteiger partial charge in [0, 0.05) is 25.2 Å². The van der Waals surface area contributed by atoms with Crippen LogP contribution in [0.1, 0.15) is 65.2 Å². The number of amides is 1. The van der Waals surface area contributed by atoms with Crippen molar-refractivity contribution < 1.29 is 9.53 Å². The largest absolute Gasteiger partial charge is 0.365 e. The van der Waals surface area contributed by atoms with E-state index >= 15 is 0 Å². The molecular weight excluding hydrogens is 312 g/mol. The van der Waals surface area contributed by atoms with Crippen molar-refractivity contribution in [3.8, 4) is 0 Å². The number of nitrogens with zero attached hydrogens (tertiary/aromatic N) is 1. The highest BCUT2D eigenvalue weighted by molar-refractivity contribution is 5.85. The van der Waals surface area contributed by atoms with E-state index in [0.717, 1.165) is 44.7 Å². The summed E-state index contributed by atoms with van der Waals surface area (Å²) in [6, 6.07) is 1.13. The Kier molecular flexibility index (Phi) is 7.18. The molecule has 0 aromatic carbocycles. The average molecular weight is 345 g/mol. The van der Waals surface area contributed by atoms with Crippen LogP contribution >= 0.6 is 12.4 Å². The number of hydrogen-bond acceptors (Lipinski definition) is 3. The van der Waals surface area contributed by atoms with Gasteiger partial charge in [0.25, 0.3) is 5.91 Å². The minimum Gasteiger partial charge on any atom is -0.365 e. The number of likely N-dealkylation sites (tertiary alicyclic amines) is 1. The van der Waals surface area contributed by atoms with E-state index in [2.05, 4.69) is 24.1 Å². The Morgan fingerprint density at radius 1 is 1.22 bits per heavy atom. The molecule has 2 bridgehead atoms. The molecular formula is C18H33ClN2O2. The highest BCUT2D eigenvalue weighted by atomic mass is 35.5. The van der Waals surface area contributed by atoms with Gasteiger partial charge in [0.1, 0.15) is 6.10 Å². The van der Waals surface area contributed by atoms with Gasteiger partial charge in [0.2, 0.25) is 0 Å². The zero-order valence-corrected chi connectivity index (χ0v) is 15.4. The van der Waals surface area contributed by atoms with Crippen LogP contribution in [0.25, 0.3) is 0 Å². The summed E-state index contributed by atoms with van der Waals surface area (Å²) in [6.45, 7) is 6.15. The molecule has 1 aliphatic carbocycles. The maximum Gasteiger partial charge on any atom is 0.251 e. The third kappa shape index (κ3) is 4.83. The lowest BCUT2D eigenvalue weighted by Crippen LogP contribution is -2.46. The van der Waals surface area contributed by atoms with Crippen LogP contribution in [0.4, 0.5) is 0 Å². The molecule has 0 radical (unpaired) electrons. The van der Waals surface area contributed by atoms with E-state index in [9.17, 15) is 4.79 Å². The van der Waals surface area contributed by atoms with Crippen molar-refractivity contribution in [3.63, 3.8) is 0 Å². The first-order chi connectivity index (χ1) is 10.7. The Bertz CT molecular complexity index is 393. The molecule has 1 saturated carbocycles. The van der Waals surface area contributed by atoms with Gasteiger partial charge in [-0.25, -0.2) is 0 Å². The van der Waals surface area contributed by atoms with Gasteiger partial charge in [0.15, 0.2) is 0 Å². The minimum atomic E-state index is -0.230. The number of carbonyl (C=O) groups is 1. The molecule has 0 spiro atoms. The molecule has 5 atom stereocenters. The Morgan fingerprint density at radius 2 is 2.00 bits per heavy atom. The quantitative estimate of drug-likeness (QED) is 0.851. The second kappa shape index (κ2) is 8.68. The molecule has 1 amide bonds. The SMILES string of the molecule is CCC(OC1CCCC(C)C1)C(=O)N1CCC2CCC(C1)N2.Cl. The van der Waals surface area contributed by atoms with Gasteiger partial charge in [-0.15, -0.1) is 12.4 Å². The standard InChI is InChI=1S/C18H32N2O2.ClH/c1-3-17(22-16-6-4-5-13(2)11-16)18(21)20-10-9-14-7-8-15(12-20)19-14;/h13-17,19H,3-12H2,1-2H3;1H. The fraction of sp³-hybridized carbons (Fsp3) is 0.944. The Balaban J connectivity index is 0.00000192. The first-order valence-electron chi connectivity index (χ1n) is 9.36. The van der Waals surface area contributed by atoms with Gasteiger partial charge in [0.05, 0.1) is 6.10 Å². The van der Waals surface area contributed by atoms with E-state index in [1.165, 1.54) is 25.7 Å². The maximum atomic E-state index is 12.9. The van der Waals surface area contributed by atoms with Crippen molar-refractivity contribution in [1.29, 1.82) is 0 Å². The van der Waals surface area contributed by atoms with Crippen LogP contribution in [0.5, 0.6) is 0 Å². The molecule has 0 aromatic rings. The summed E-state index contributed by atoms with van der Waals surface area (Å²) in [5, 5.41) is 3.65. The van der Waals surface area contributed by atoms with Crippen molar-refractivity contribution >= 4 is 18.3 Å². The molecule has 5 heteroatoms. The van der Waals surface area contributed by atoms with Crippen molar-refractivity contribution in [1.82, 2.24) is 10.2 Å². The third-order valence-corrected chi connectivity index (χ3v) is 5.73. The molecule has 134 valence electrons. The van der Waals surface area contributed by atoms with Crippen LogP contribution in [0.2, 0.25) is 0 Å². The second-order valence-corrected chi connectivity index (χ2v) is 7.64. The van der Waals surface area contributed by atoms with Gasteiger partial charge in [-0.2, -0.15) is 0 Å². The second-order valence-electron chi connectivity index (χ2n) is 7.64. The predicted octanol–water partition coefficient (Wildman–Crippen LogP) is 3.14. The molecule has 4 nitrogen and oxygen atoms in total. The molecule has 3 fully saturated rings. The topological polar surface area (TPSA) is 41.6 Å². The highest BCUT2D eigenvalue weighted by Gasteiger charge is 2.34. The fourth-order valence-electron chi connectivity index (χ4n) is 4.41. The summed E-state index contributed by atoms with van der Waals surface area (Å²) in [7, 11) is 0. The maximum absolute atomic E-state index is 12.9. The smallest absolute Gasteiger partial charge is 0.251 e. The number of halogens is 1. The first-order valence-corrected chi connectivity index (χ1v) is 9.36. The van der Waals surface area contributed by atoms with Gasteiger partial charge < -0.3 is 15.0 Å². The van der Waals surface area contributed by atoms with Gasteiger partial charge in [-0.3, -0.25) is 4.79 Å². The molecule has 3 aliphatic rings. The lowest BCUT2D eigenvalue weighted by Gasteiger charge is -2.33. The van der Waals surface area contributed by atoms with E-state index in [1.54, 1.807) is 0 Å². The monoisotopic (exact) mass is 344 g/mol. The van der Waals surface area contributed by atoms with E-state index in [1.807, 2.05) is 0 Å². The highest BCUT2D eigenvalue weighted by Crippen LogP contribution is 2.28. The average Bonchev–Trinajstić information content (AvgIpc) is 2.83. The van der Waals surface area contributed by atoms with Crippen LogP contribution in [0, 0.1) is 5.92 Å². The summed E-state index contributed by atoms with van der Waals surface area (Å²) in [5.74, 6) is 0.972. The summed E-state index contributed by atoms with van der Waals surface area (Å²) in [6.07, 6.45) is 9.24. The Morgan fingerprint density at radius 3 is 2.74 bits per heavy atom. The normalized spacial score (nSPS) is 35.3. The van der Waals surface area contributed by atoms with Crippen LogP contribution < -0.4 is 5.32 Å². The number of nitrogens with one attached hydrogen (secondary N) is 1. The van der Waals surface area contributed by atoms with Crippen LogP contribution in [-0.4, -0.2) is 48.2 Å². The molecule has 0 aromatic heterocycles. The fourth-order valence-corrected chi connectivity index (χ4v) is 4.41. The number of carbonyl (C=O) groups excluding carboxylic acids is 1. The van der Waals surface area contributed by atoms with Crippen molar-refractivity contribution in [2.45, 2.75) is 89.5 Å². The number of rotatable bonds is 4. The Labute approximate surface area is 147 Å². The molecule has 3 rings (SSSR count). The molecule has 23 heavy (non-hydrogen) atoms. The molecule has 1 N–H and O–H groups in total. The van der Waals surface area contributed by atoms with Crippen LogP contribution in [0.15, 0.2) is 0 Å². The summed E-state index contributed by atoms with van der Waals surface area (Å²) < 4.78 is 6.24. The number of fused-ring (bicyclic) bond motifs is 2. The van der Waals surface area contributed by atoms with Gasteiger partial charge in [-0.05, 0) is 44.4 Å². The molecule has 5 unspecified atom stereocenters. The Hall–Kier alpha value is -0.320. The summed E-state index contributed by atoms with van der Waals surface area (Å²) in [4.78, 5) is 15.0. The molecule has 2 saturated heterocycles. The third-order valence-electron chi connectivity index (χ3n) is 5.73. The zero-order valence-electron chi connectivity index (χ0n) is 14.6. The number of ether oxygens (including phenoxy) is 1. The van der Waals surface area contributed by atoms with Crippen molar-refractivity contribution in [2.75, 3.05) is 13.1 Å². The minimum absolute atomic E-state index is 0. The lowest BCUT2D eigenvalue weighted by molar-refractivity contribution is -0.150. The van der Waals surface area contributed by atoms with Gasteiger partial charge >= 0.3 is 0 Å². The van der Waals surface area contributed by atoms with Crippen molar-refractivity contribution in [3.05, 3.63) is 0 Å². The van der Waals surface area contributed by atoms with E-state index in [4.69, 9.17) is 4.74 Å². The van der Waals surface area contributed by atoms with Crippen molar-refractivity contribution in [2.24, 2.45) is 5.92 Å². The summed E-state index contributed by atoms with van der Waals surface area (Å²) in [5.41, 5.74) is 0. The van der Waals surface area contributed by atoms with E-state index in [0.29, 0.717) is 18.2 Å². The van der Waals surface area contributed by atoms with E-state index in [-0.39, 0.29) is 24.4 Å².